The molecule has 6 nitrogen and oxygen atoms in total. The molecule has 164 valence electrons. The highest BCUT2D eigenvalue weighted by molar-refractivity contribution is 6.74. The Balaban J connectivity index is 5.77. The van der Waals surface area contributed by atoms with E-state index in [9.17, 15) is 9.59 Å². The zero-order valence-corrected chi connectivity index (χ0v) is 20.6. The van der Waals surface area contributed by atoms with Gasteiger partial charge in [-0.15, -0.1) is 0 Å². The second-order valence-corrected chi connectivity index (χ2v) is 14.9. The minimum Gasteiger partial charge on any atom is -0.466 e. The van der Waals surface area contributed by atoms with E-state index < -0.39 is 32.1 Å². The van der Waals surface area contributed by atoms with Gasteiger partial charge in [-0.25, -0.2) is 9.59 Å². The normalized spacial score (nSPS) is 15.4. The second kappa shape index (κ2) is 10.4. The first kappa shape index (κ1) is 26.7. The van der Waals surface area contributed by atoms with Crippen molar-refractivity contribution in [2.75, 3.05) is 7.11 Å². The van der Waals surface area contributed by atoms with Crippen molar-refractivity contribution in [1.82, 2.24) is 5.32 Å². The molecular formula is C21H41NO5Si. The van der Waals surface area contributed by atoms with Gasteiger partial charge < -0.3 is 19.2 Å². The fourth-order valence-electron chi connectivity index (χ4n) is 2.26. The number of hydrogen-bond donors (Lipinski definition) is 1. The lowest BCUT2D eigenvalue weighted by atomic mass is 9.99. The maximum absolute atomic E-state index is 12.4. The summed E-state index contributed by atoms with van der Waals surface area (Å²) in [5, 5.41) is 2.94. The van der Waals surface area contributed by atoms with Crippen molar-refractivity contribution in [2.45, 2.75) is 97.7 Å². The van der Waals surface area contributed by atoms with Crippen LogP contribution in [0.15, 0.2) is 12.2 Å². The van der Waals surface area contributed by atoms with Crippen molar-refractivity contribution in [3.8, 4) is 0 Å². The van der Waals surface area contributed by atoms with Crippen LogP contribution in [-0.2, 0) is 18.7 Å². The predicted molar refractivity (Wildman–Crippen MR) is 116 cm³/mol. The fraction of sp³-hybridized carbons (Fsp3) is 0.810. The monoisotopic (exact) mass is 415 g/mol. The Labute approximate surface area is 172 Å². The van der Waals surface area contributed by atoms with E-state index in [0.717, 1.165) is 0 Å². The molecule has 28 heavy (non-hydrogen) atoms. The maximum atomic E-state index is 12.4. The third-order valence-corrected chi connectivity index (χ3v) is 9.16. The highest BCUT2D eigenvalue weighted by Gasteiger charge is 2.40. The lowest BCUT2D eigenvalue weighted by Gasteiger charge is -2.41. The van der Waals surface area contributed by atoms with Crippen molar-refractivity contribution in [1.29, 1.82) is 0 Å². The number of esters is 1. The summed E-state index contributed by atoms with van der Waals surface area (Å²) in [6, 6.07) is -0.329. The van der Waals surface area contributed by atoms with Crippen LogP contribution in [0.1, 0.15) is 61.8 Å². The van der Waals surface area contributed by atoms with Gasteiger partial charge in [0.1, 0.15) is 5.60 Å². The average Bonchev–Trinajstić information content (AvgIpc) is 2.46. The molecule has 0 aromatic rings. The van der Waals surface area contributed by atoms with Crippen molar-refractivity contribution in [2.24, 2.45) is 5.92 Å². The summed E-state index contributed by atoms with van der Waals surface area (Å²) in [6.45, 7) is 20.4. The van der Waals surface area contributed by atoms with Gasteiger partial charge >= 0.3 is 12.1 Å². The molecule has 0 radical (unpaired) electrons. The molecule has 0 aliphatic rings. The molecular weight excluding hydrogens is 374 g/mol. The van der Waals surface area contributed by atoms with Crippen molar-refractivity contribution >= 4 is 20.4 Å². The molecule has 1 amide bonds. The molecule has 2 atom stereocenters. The minimum atomic E-state index is -2.16. The number of amides is 1. The van der Waals surface area contributed by atoms with E-state index in [1.165, 1.54) is 13.2 Å². The van der Waals surface area contributed by atoms with Crippen LogP contribution in [0.25, 0.3) is 0 Å². The van der Waals surface area contributed by atoms with Crippen LogP contribution in [0.2, 0.25) is 18.1 Å². The van der Waals surface area contributed by atoms with Gasteiger partial charge in [0.15, 0.2) is 8.32 Å². The molecule has 0 aromatic carbocycles. The van der Waals surface area contributed by atoms with Crippen molar-refractivity contribution in [3.05, 3.63) is 12.2 Å². The summed E-state index contributed by atoms with van der Waals surface area (Å²) < 4.78 is 16.7. The first-order valence-electron chi connectivity index (χ1n) is 9.92. The molecule has 0 saturated heterocycles. The Bertz CT molecular complexity index is 544. The number of nitrogens with one attached hydrogen (secondary N) is 1. The van der Waals surface area contributed by atoms with E-state index in [0.29, 0.717) is 12.3 Å². The van der Waals surface area contributed by atoms with Crippen LogP contribution < -0.4 is 5.32 Å². The summed E-state index contributed by atoms with van der Waals surface area (Å²) in [7, 11) is -0.823. The molecule has 0 bridgehead atoms. The third-order valence-electron chi connectivity index (χ3n) is 4.68. The third kappa shape index (κ3) is 10.3. The Morgan fingerprint density at radius 3 is 2.00 bits per heavy atom. The summed E-state index contributed by atoms with van der Waals surface area (Å²) in [4.78, 5) is 24.1. The Morgan fingerprint density at radius 2 is 1.61 bits per heavy atom. The van der Waals surface area contributed by atoms with Crippen LogP contribution in [0.5, 0.6) is 0 Å². The number of carbonyl (C=O) groups excluding carboxylic acids is 2. The predicted octanol–water partition coefficient (Wildman–Crippen LogP) is 5.05. The van der Waals surface area contributed by atoms with E-state index in [1.807, 2.05) is 20.8 Å². The molecule has 0 unspecified atom stereocenters. The van der Waals surface area contributed by atoms with Gasteiger partial charge in [0.05, 0.1) is 19.3 Å². The number of alkyl carbamates (subject to hydrolysis) is 1. The van der Waals surface area contributed by atoms with E-state index in [4.69, 9.17) is 13.9 Å². The second-order valence-electron chi connectivity index (χ2n) is 10.1. The number of methoxy groups -OCH3 is 1. The van der Waals surface area contributed by atoms with Gasteiger partial charge in [-0.1, -0.05) is 34.6 Å². The van der Waals surface area contributed by atoms with E-state index in [1.54, 1.807) is 6.08 Å². The first-order chi connectivity index (χ1) is 12.5. The van der Waals surface area contributed by atoms with Gasteiger partial charge in [-0.3, -0.25) is 0 Å². The van der Waals surface area contributed by atoms with Crippen LogP contribution >= 0.6 is 0 Å². The summed E-state index contributed by atoms with van der Waals surface area (Å²) in [5.74, 6) is -0.138. The van der Waals surface area contributed by atoms with E-state index >= 15 is 0 Å². The van der Waals surface area contributed by atoms with Crippen LogP contribution in [0, 0.1) is 5.92 Å². The Kier molecular flexibility index (Phi) is 9.94. The number of carbonyl (C=O) groups is 2. The van der Waals surface area contributed by atoms with Crippen LogP contribution in [-0.4, -0.2) is 45.2 Å². The van der Waals surface area contributed by atoms with E-state index in [-0.39, 0.29) is 11.1 Å². The Morgan fingerprint density at radius 1 is 1.07 bits per heavy atom. The SMILES string of the molecule is COC(=O)/C=C/[C@H](O[Si](C)(C)C(C)(C)C)[C@H](CC(C)C)NC(=O)OC(C)(C)C. The molecule has 1 N–H and O–H groups in total. The molecule has 0 aromatic heterocycles. The number of rotatable bonds is 8. The molecule has 0 aliphatic carbocycles. The highest BCUT2D eigenvalue weighted by atomic mass is 28.4. The largest absolute Gasteiger partial charge is 0.466 e. The van der Waals surface area contributed by atoms with Crippen molar-refractivity contribution in [3.63, 3.8) is 0 Å². The fourth-order valence-corrected chi connectivity index (χ4v) is 3.53. The molecule has 0 saturated carbocycles. The van der Waals surface area contributed by atoms with E-state index in [2.05, 4.69) is 53.0 Å². The standard InChI is InChI=1S/C21H41NO5Si/c1-15(2)14-16(22-19(24)26-20(3,4)5)17(12-13-18(23)25-9)27-28(10,11)21(6,7)8/h12-13,15-17H,14H2,1-11H3,(H,22,24)/b13-12+/t16-,17-/m0/s1. The first-order valence-corrected chi connectivity index (χ1v) is 12.8. The topological polar surface area (TPSA) is 73.9 Å². The molecule has 0 spiro atoms. The summed E-state index contributed by atoms with van der Waals surface area (Å²) in [5.41, 5.74) is -0.593. The molecule has 0 aliphatic heterocycles. The summed E-state index contributed by atoms with van der Waals surface area (Å²) >= 11 is 0. The number of hydrogen-bond acceptors (Lipinski definition) is 5. The molecule has 0 rings (SSSR count). The van der Waals surface area contributed by atoms with Crippen LogP contribution in [0.3, 0.4) is 0 Å². The zero-order chi connectivity index (χ0) is 22.3. The van der Waals surface area contributed by atoms with Gasteiger partial charge in [0.25, 0.3) is 0 Å². The van der Waals surface area contributed by atoms with Gasteiger partial charge in [0, 0.05) is 6.08 Å². The van der Waals surface area contributed by atoms with Gasteiger partial charge in [-0.2, -0.15) is 0 Å². The zero-order valence-electron chi connectivity index (χ0n) is 19.6. The quantitative estimate of drug-likeness (QED) is 0.341. The lowest BCUT2D eigenvalue weighted by Crippen LogP contribution is -2.52. The van der Waals surface area contributed by atoms with Crippen LogP contribution in [0.4, 0.5) is 4.79 Å². The number of ether oxygens (including phenoxy) is 2. The maximum Gasteiger partial charge on any atom is 0.407 e. The van der Waals surface area contributed by atoms with Gasteiger partial charge in [-0.05, 0) is 57.3 Å². The van der Waals surface area contributed by atoms with Gasteiger partial charge in [0.2, 0.25) is 0 Å². The summed E-state index contributed by atoms with van der Waals surface area (Å²) in [6.07, 6.45) is 2.78. The Hall–Kier alpha value is -1.34. The average molecular weight is 416 g/mol. The molecule has 7 heteroatoms. The molecule has 0 heterocycles. The van der Waals surface area contributed by atoms with Crippen molar-refractivity contribution < 1.29 is 23.5 Å². The minimum absolute atomic E-state index is 0.0152. The lowest BCUT2D eigenvalue weighted by molar-refractivity contribution is -0.134. The smallest absolute Gasteiger partial charge is 0.407 e. The highest BCUT2D eigenvalue weighted by Crippen LogP contribution is 2.38. The molecule has 0 fully saturated rings.